The second-order valence-electron chi connectivity index (χ2n) is 9.86. The van der Waals surface area contributed by atoms with Crippen LogP contribution in [0.5, 0.6) is 0 Å². The van der Waals surface area contributed by atoms with Crippen molar-refractivity contribution in [1.82, 2.24) is 0 Å². The summed E-state index contributed by atoms with van der Waals surface area (Å²) >= 11 is 0. The quantitative estimate of drug-likeness (QED) is 0.141. The van der Waals surface area contributed by atoms with E-state index in [-0.39, 0.29) is 28.2 Å². The molecule has 2 atom stereocenters. The third-order valence-corrected chi connectivity index (χ3v) is 9.28. The van der Waals surface area contributed by atoms with Crippen molar-refractivity contribution in [3.8, 4) is 0 Å². The van der Waals surface area contributed by atoms with Gasteiger partial charge < -0.3 is 4.74 Å². The number of hydrogen-bond acceptors (Lipinski definition) is 4. The molecule has 0 bridgehead atoms. The van der Waals surface area contributed by atoms with E-state index in [0.717, 1.165) is 52.6 Å². The van der Waals surface area contributed by atoms with Gasteiger partial charge in [0.2, 0.25) is 0 Å². The highest BCUT2D eigenvalue weighted by Gasteiger charge is 2.29. The van der Waals surface area contributed by atoms with Crippen LogP contribution in [-0.2, 0) is 9.53 Å². The lowest BCUT2D eigenvalue weighted by Crippen LogP contribution is -2.20. The van der Waals surface area contributed by atoms with Gasteiger partial charge in [0.25, 0.3) is 0 Å². The molecule has 0 heterocycles. The number of rotatable bonds is 14. The van der Waals surface area contributed by atoms with E-state index in [1.165, 1.54) is 19.3 Å². The van der Waals surface area contributed by atoms with Gasteiger partial charge in [-0.15, -0.1) is 0 Å². The minimum Gasteiger partial charge on any atom is -0.465 e. The summed E-state index contributed by atoms with van der Waals surface area (Å²) in [6.45, 7) is 14.2. The predicted octanol–water partition coefficient (Wildman–Crippen LogP) is 8.10. The molecule has 0 aliphatic heterocycles. The van der Waals surface area contributed by atoms with E-state index in [1.54, 1.807) is 0 Å². The number of carbonyl (C=O) groups excluding carboxylic acids is 3. The van der Waals surface area contributed by atoms with Crippen LogP contribution in [-0.4, -0.2) is 29.0 Å². The topological polar surface area (TPSA) is 60.4 Å². The number of esters is 1. The Morgan fingerprint density at radius 3 is 1.47 bits per heavy atom. The van der Waals surface area contributed by atoms with E-state index in [0.29, 0.717) is 17.7 Å². The van der Waals surface area contributed by atoms with Crippen molar-refractivity contribution in [2.75, 3.05) is 6.61 Å². The van der Waals surface area contributed by atoms with Crippen molar-refractivity contribution >= 4 is 34.2 Å². The van der Waals surface area contributed by atoms with Gasteiger partial charge in [-0.25, -0.2) is 0 Å². The standard InChI is InChI=1S/C30H42O4P2/c1-8-9-10-11-12-13-14-34-27(31)30(35-28(32)25-21(4)15-19(2)16-22(25)5)36-29(33)26-23(6)17-20(3)18-24(26)7/h15-18,30,35-36H,8-14H2,1-7H3. The van der Waals surface area contributed by atoms with Crippen molar-refractivity contribution in [3.05, 3.63) is 68.8 Å². The minimum absolute atomic E-state index is 0.0795. The summed E-state index contributed by atoms with van der Waals surface area (Å²) < 4.78 is 5.61. The SMILES string of the molecule is CCCCCCCCOC(=O)C(PC(=O)c1c(C)cc(C)cc1C)PC(=O)c1c(C)cc(C)cc1C. The molecule has 0 saturated heterocycles. The summed E-state index contributed by atoms with van der Waals surface area (Å²) in [6, 6.07) is 7.96. The predicted molar refractivity (Wildman–Crippen MR) is 155 cm³/mol. The average Bonchev–Trinajstić information content (AvgIpc) is 2.76. The number of aryl methyl sites for hydroxylation is 6. The summed E-state index contributed by atoms with van der Waals surface area (Å²) in [6.07, 6.45) is 6.58. The molecule has 36 heavy (non-hydrogen) atoms. The largest absolute Gasteiger partial charge is 0.465 e. The Morgan fingerprint density at radius 1 is 0.667 bits per heavy atom. The van der Waals surface area contributed by atoms with Crippen molar-refractivity contribution in [3.63, 3.8) is 0 Å². The summed E-state index contributed by atoms with van der Waals surface area (Å²) in [5, 5.41) is -0.745. The van der Waals surface area contributed by atoms with Gasteiger partial charge in [-0.1, -0.05) is 74.4 Å². The molecule has 0 spiro atoms. The fourth-order valence-electron chi connectivity index (χ4n) is 4.78. The lowest BCUT2D eigenvalue weighted by molar-refractivity contribution is -0.141. The Balaban J connectivity index is 2.19. The van der Waals surface area contributed by atoms with Gasteiger partial charge in [0.1, 0.15) is 5.40 Å². The first-order chi connectivity index (χ1) is 17.0. The minimum atomic E-state index is -0.745. The molecule has 2 rings (SSSR count). The van der Waals surface area contributed by atoms with Crippen molar-refractivity contribution in [2.45, 2.75) is 92.4 Å². The van der Waals surface area contributed by atoms with E-state index in [4.69, 9.17) is 4.74 Å². The van der Waals surface area contributed by atoms with Gasteiger partial charge in [-0.2, -0.15) is 0 Å². The number of carbonyl (C=O) groups is 3. The average molecular weight is 529 g/mol. The molecule has 196 valence electrons. The maximum absolute atomic E-state index is 13.4. The molecule has 0 fully saturated rings. The Labute approximate surface area is 220 Å². The Hall–Kier alpha value is -1.89. The van der Waals surface area contributed by atoms with Crippen LogP contribution < -0.4 is 0 Å². The summed E-state index contributed by atoms with van der Waals surface area (Å²) in [5.41, 5.74) is 6.99. The number of ether oxygens (including phenoxy) is 1. The highest BCUT2D eigenvalue weighted by atomic mass is 31.1. The lowest BCUT2D eigenvalue weighted by Gasteiger charge is -2.18. The molecule has 2 aromatic carbocycles. The number of unbranched alkanes of at least 4 members (excludes halogenated alkanes) is 5. The third kappa shape index (κ3) is 8.89. The molecule has 0 aliphatic carbocycles. The first-order valence-electron chi connectivity index (χ1n) is 13.0. The molecule has 2 aromatic rings. The van der Waals surface area contributed by atoms with Crippen LogP contribution in [0.4, 0.5) is 0 Å². The first-order valence-corrected chi connectivity index (χ1v) is 15.1. The zero-order valence-corrected chi connectivity index (χ0v) is 25.0. The van der Waals surface area contributed by atoms with Crippen LogP contribution in [0.2, 0.25) is 0 Å². The first kappa shape index (κ1) is 30.3. The van der Waals surface area contributed by atoms with E-state index in [1.807, 2.05) is 65.8 Å². The highest BCUT2D eigenvalue weighted by molar-refractivity contribution is 7.77. The zero-order valence-electron chi connectivity index (χ0n) is 23.0. The molecule has 6 heteroatoms. The maximum atomic E-state index is 13.4. The molecule has 0 aliphatic rings. The number of hydrogen-bond donors (Lipinski definition) is 0. The Morgan fingerprint density at radius 2 is 1.06 bits per heavy atom. The fourth-order valence-corrected chi connectivity index (χ4v) is 7.85. The smallest absolute Gasteiger partial charge is 0.318 e. The van der Waals surface area contributed by atoms with Crippen LogP contribution in [0, 0.1) is 41.5 Å². The Kier molecular flexibility index (Phi) is 12.4. The zero-order chi connectivity index (χ0) is 26.8. The number of benzene rings is 2. The molecular formula is C30H42O4P2. The van der Waals surface area contributed by atoms with E-state index in [2.05, 4.69) is 6.92 Å². The summed E-state index contributed by atoms with van der Waals surface area (Å²) in [4.78, 5) is 39.9. The van der Waals surface area contributed by atoms with Crippen LogP contribution in [0.15, 0.2) is 24.3 Å². The molecule has 0 radical (unpaired) electrons. The lowest BCUT2D eigenvalue weighted by atomic mass is 10.0. The fraction of sp³-hybridized carbons (Fsp3) is 0.500. The Bertz CT molecular complexity index is 973. The summed E-state index contributed by atoms with van der Waals surface area (Å²) in [7, 11) is -0.673. The highest BCUT2D eigenvalue weighted by Crippen LogP contribution is 2.42. The van der Waals surface area contributed by atoms with Crippen LogP contribution in [0.1, 0.15) is 99.5 Å². The second-order valence-corrected chi connectivity index (χ2v) is 13.1. The third-order valence-electron chi connectivity index (χ3n) is 6.34. The van der Waals surface area contributed by atoms with E-state index < -0.39 is 11.4 Å². The van der Waals surface area contributed by atoms with Gasteiger partial charge in [-0.3, -0.25) is 14.4 Å². The van der Waals surface area contributed by atoms with Crippen LogP contribution >= 0.6 is 17.2 Å². The van der Waals surface area contributed by atoms with Gasteiger partial charge in [0.15, 0.2) is 11.0 Å². The molecule has 0 saturated carbocycles. The maximum Gasteiger partial charge on any atom is 0.318 e. The molecule has 0 N–H and O–H groups in total. The van der Waals surface area contributed by atoms with Gasteiger partial charge in [0, 0.05) is 11.1 Å². The van der Waals surface area contributed by atoms with Crippen molar-refractivity contribution in [1.29, 1.82) is 0 Å². The van der Waals surface area contributed by atoms with E-state index in [9.17, 15) is 14.4 Å². The normalized spacial score (nSPS) is 12.5. The van der Waals surface area contributed by atoms with Crippen molar-refractivity contribution in [2.24, 2.45) is 0 Å². The summed E-state index contributed by atoms with van der Waals surface area (Å²) in [5.74, 6) is -0.424. The molecule has 4 nitrogen and oxygen atoms in total. The molecule has 0 aromatic heterocycles. The molecular weight excluding hydrogens is 486 g/mol. The second kappa shape index (κ2) is 14.7. The van der Waals surface area contributed by atoms with Crippen molar-refractivity contribution < 1.29 is 19.1 Å². The van der Waals surface area contributed by atoms with Gasteiger partial charge in [0.05, 0.1) is 6.61 Å². The molecule has 0 amide bonds. The van der Waals surface area contributed by atoms with Gasteiger partial charge in [-0.05, 0) is 87.4 Å². The molecule has 2 unspecified atom stereocenters. The van der Waals surface area contributed by atoms with Crippen LogP contribution in [0.3, 0.4) is 0 Å². The van der Waals surface area contributed by atoms with Gasteiger partial charge >= 0.3 is 5.97 Å². The van der Waals surface area contributed by atoms with E-state index >= 15 is 0 Å². The van der Waals surface area contributed by atoms with Crippen LogP contribution in [0.25, 0.3) is 0 Å². The monoisotopic (exact) mass is 528 g/mol.